The lowest BCUT2D eigenvalue weighted by Gasteiger charge is -2.31. The highest BCUT2D eigenvalue weighted by Crippen LogP contribution is 2.46. The largest absolute Gasteiger partial charge is 0.457 e. The number of hydrogen-bond acceptors (Lipinski definition) is 6. The third-order valence-corrected chi connectivity index (χ3v) is 7.23. The smallest absolute Gasteiger partial charge is 0.131 e. The topological polar surface area (TPSA) is 114 Å². The van der Waals surface area contributed by atoms with Gasteiger partial charge in [0, 0.05) is 11.1 Å². The highest BCUT2D eigenvalue weighted by molar-refractivity contribution is 5.57. The molecule has 0 amide bonds. The second-order valence-electron chi connectivity index (χ2n) is 10.4. The van der Waals surface area contributed by atoms with E-state index in [9.17, 15) is 21.0 Å². The third-order valence-electron chi connectivity index (χ3n) is 7.23. The van der Waals surface area contributed by atoms with E-state index >= 15 is 0 Å². The molecule has 0 saturated heterocycles. The molecule has 0 aliphatic rings. The van der Waals surface area contributed by atoms with Gasteiger partial charge in [-0.3, -0.25) is 0 Å². The maximum Gasteiger partial charge on any atom is 0.131 e. The van der Waals surface area contributed by atoms with Gasteiger partial charge in [0.2, 0.25) is 0 Å². The van der Waals surface area contributed by atoms with E-state index in [0.717, 1.165) is 24.0 Å². The summed E-state index contributed by atoms with van der Waals surface area (Å²) in [5.41, 5.74) is 2.37. The van der Waals surface area contributed by atoms with Gasteiger partial charge in [-0.1, -0.05) is 41.5 Å². The number of benzene rings is 3. The summed E-state index contributed by atoms with van der Waals surface area (Å²) in [7, 11) is 0. The first-order chi connectivity index (χ1) is 18.0. The average Bonchev–Trinajstić information content (AvgIpc) is 2.93. The van der Waals surface area contributed by atoms with Crippen molar-refractivity contribution in [2.75, 3.05) is 0 Å². The molecule has 190 valence electrons. The fourth-order valence-electron chi connectivity index (χ4n) is 3.98. The zero-order valence-electron chi connectivity index (χ0n) is 22.6. The van der Waals surface area contributed by atoms with Gasteiger partial charge >= 0.3 is 0 Å². The molecule has 0 radical (unpaired) electrons. The van der Waals surface area contributed by atoms with Crippen LogP contribution in [0.2, 0.25) is 0 Å². The highest BCUT2D eigenvalue weighted by Gasteiger charge is 2.30. The van der Waals surface area contributed by atoms with Gasteiger partial charge in [-0.25, -0.2) is 0 Å². The molecule has 0 aliphatic heterocycles. The molecule has 0 N–H and O–H groups in total. The summed E-state index contributed by atoms with van der Waals surface area (Å²) in [5.74, 6) is 2.22. The van der Waals surface area contributed by atoms with E-state index in [1.54, 1.807) is 36.4 Å². The summed E-state index contributed by atoms with van der Waals surface area (Å²) in [6.07, 6.45) is 1.65. The van der Waals surface area contributed by atoms with Crippen LogP contribution in [0.25, 0.3) is 0 Å². The summed E-state index contributed by atoms with van der Waals surface area (Å²) in [4.78, 5) is 0. The Morgan fingerprint density at radius 1 is 0.553 bits per heavy atom. The molecule has 0 fully saturated rings. The summed E-state index contributed by atoms with van der Waals surface area (Å²) < 4.78 is 12.8. The van der Waals surface area contributed by atoms with Gasteiger partial charge in [-0.2, -0.15) is 21.0 Å². The van der Waals surface area contributed by atoms with Crippen LogP contribution >= 0.6 is 0 Å². The molecule has 3 rings (SSSR count). The van der Waals surface area contributed by atoms with Crippen molar-refractivity contribution in [1.82, 2.24) is 0 Å². The van der Waals surface area contributed by atoms with Gasteiger partial charge in [0.25, 0.3) is 0 Å². The van der Waals surface area contributed by atoms with Crippen LogP contribution in [-0.4, -0.2) is 0 Å². The van der Waals surface area contributed by atoms with Gasteiger partial charge in [0.1, 0.15) is 47.3 Å². The van der Waals surface area contributed by atoms with Crippen LogP contribution in [-0.2, 0) is 10.8 Å². The molecule has 38 heavy (non-hydrogen) atoms. The van der Waals surface area contributed by atoms with Crippen LogP contribution in [0.5, 0.6) is 23.0 Å². The van der Waals surface area contributed by atoms with Crippen molar-refractivity contribution in [2.45, 2.75) is 65.2 Å². The zero-order chi connectivity index (χ0) is 28.1. The predicted octanol–water partition coefficient (Wildman–Crippen LogP) is 8.13. The van der Waals surface area contributed by atoms with Crippen molar-refractivity contribution in [3.63, 3.8) is 0 Å². The number of nitriles is 4. The number of nitrogens with zero attached hydrogens (tertiary/aromatic N) is 4. The van der Waals surface area contributed by atoms with Crippen molar-refractivity contribution >= 4 is 0 Å². The van der Waals surface area contributed by atoms with Crippen molar-refractivity contribution in [1.29, 1.82) is 21.0 Å². The Morgan fingerprint density at radius 2 is 0.895 bits per heavy atom. The predicted molar refractivity (Wildman–Crippen MR) is 145 cm³/mol. The first kappa shape index (κ1) is 27.8. The molecule has 0 aromatic heterocycles. The van der Waals surface area contributed by atoms with E-state index in [4.69, 9.17) is 9.47 Å². The Labute approximate surface area is 224 Å². The monoisotopic (exact) mass is 502 g/mol. The van der Waals surface area contributed by atoms with Crippen LogP contribution in [0, 0.1) is 45.3 Å². The van der Waals surface area contributed by atoms with Gasteiger partial charge in [0.15, 0.2) is 0 Å². The minimum atomic E-state index is -0.282. The van der Waals surface area contributed by atoms with Crippen LogP contribution in [0.4, 0.5) is 0 Å². The van der Waals surface area contributed by atoms with Crippen LogP contribution in [0.15, 0.2) is 48.5 Å². The van der Waals surface area contributed by atoms with Crippen molar-refractivity contribution < 1.29 is 9.47 Å². The van der Waals surface area contributed by atoms with E-state index in [1.807, 2.05) is 24.3 Å². The quantitative estimate of drug-likeness (QED) is 0.307. The standard InChI is InChI=1S/C32H30N4O2/c1-7-31(3,4)27-15-30(38-26-12-10-22(18-34)24(14-26)20-36)28(32(5,6)8-2)16-29(27)37-25-11-9-21(17-33)23(13-25)19-35/h9-16H,7-8H2,1-6H3. The zero-order valence-corrected chi connectivity index (χ0v) is 22.6. The Balaban J connectivity index is 2.23. The lowest BCUT2D eigenvalue weighted by molar-refractivity contribution is 0.409. The SMILES string of the molecule is CCC(C)(C)c1cc(Oc2ccc(C#N)c(C#N)c2)c(C(C)(C)CC)cc1Oc1ccc(C#N)c(C#N)c1. The number of hydrogen-bond donors (Lipinski definition) is 0. The Kier molecular flexibility index (Phi) is 8.11. The van der Waals surface area contributed by atoms with Crippen LogP contribution in [0.1, 0.15) is 87.8 Å². The summed E-state index contributed by atoms with van der Waals surface area (Å²) >= 11 is 0. The Morgan fingerprint density at radius 3 is 1.18 bits per heavy atom. The van der Waals surface area contributed by atoms with Gasteiger partial charge in [0.05, 0.1) is 22.3 Å². The minimum Gasteiger partial charge on any atom is -0.457 e. The molecule has 0 heterocycles. The molecular weight excluding hydrogens is 472 g/mol. The fourth-order valence-corrected chi connectivity index (χ4v) is 3.98. The van der Waals surface area contributed by atoms with Crippen LogP contribution in [0.3, 0.4) is 0 Å². The lowest BCUT2D eigenvalue weighted by atomic mass is 9.77. The van der Waals surface area contributed by atoms with E-state index < -0.39 is 0 Å². The third kappa shape index (κ3) is 5.62. The average molecular weight is 503 g/mol. The number of rotatable bonds is 8. The minimum absolute atomic E-state index is 0.254. The second kappa shape index (κ2) is 11.1. The first-order valence-electron chi connectivity index (χ1n) is 12.5. The van der Waals surface area contributed by atoms with Crippen molar-refractivity contribution in [2.24, 2.45) is 0 Å². The summed E-state index contributed by atoms with van der Waals surface area (Å²) in [6, 6.07) is 21.9. The molecule has 0 unspecified atom stereocenters. The molecule has 0 aliphatic carbocycles. The molecule has 0 saturated carbocycles. The van der Waals surface area contributed by atoms with E-state index in [1.165, 1.54) is 0 Å². The number of ether oxygens (including phenoxy) is 2. The summed E-state index contributed by atoms with van der Waals surface area (Å²) in [5, 5.41) is 37.5. The Bertz CT molecular complexity index is 1420. The lowest BCUT2D eigenvalue weighted by Crippen LogP contribution is -2.21. The highest BCUT2D eigenvalue weighted by atomic mass is 16.5. The second-order valence-corrected chi connectivity index (χ2v) is 10.4. The van der Waals surface area contributed by atoms with Crippen molar-refractivity contribution in [3.8, 4) is 47.3 Å². The maximum atomic E-state index is 9.48. The Hall–Kier alpha value is -4.78. The molecule has 0 atom stereocenters. The van der Waals surface area contributed by atoms with Crippen molar-refractivity contribution in [3.05, 3.63) is 81.9 Å². The first-order valence-corrected chi connectivity index (χ1v) is 12.5. The molecule has 6 heteroatoms. The maximum absolute atomic E-state index is 9.48. The molecule has 6 nitrogen and oxygen atoms in total. The molecule has 3 aromatic rings. The normalized spacial score (nSPS) is 11.0. The van der Waals surface area contributed by atoms with Gasteiger partial charge in [-0.05, 0) is 72.2 Å². The van der Waals surface area contributed by atoms with E-state index in [-0.39, 0.29) is 22.0 Å². The van der Waals surface area contributed by atoms with E-state index in [0.29, 0.717) is 34.1 Å². The van der Waals surface area contributed by atoms with Gasteiger partial charge < -0.3 is 9.47 Å². The molecule has 3 aromatic carbocycles. The molecule has 0 spiro atoms. The molecular formula is C32H30N4O2. The molecule has 0 bridgehead atoms. The summed E-state index contributed by atoms with van der Waals surface area (Å²) in [6.45, 7) is 12.7. The van der Waals surface area contributed by atoms with E-state index in [2.05, 4.69) is 53.7 Å². The van der Waals surface area contributed by atoms with Crippen LogP contribution < -0.4 is 9.47 Å². The van der Waals surface area contributed by atoms with Gasteiger partial charge in [-0.15, -0.1) is 0 Å². The fraction of sp³-hybridized carbons (Fsp3) is 0.312.